The highest BCUT2D eigenvalue weighted by atomic mass is 19.4. The van der Waals surface area contributed by atoms with Crippen molar-refractivity contribution in [1.82, 2.24) is 9.97 Å². The van der Waals surface area contributed by atoms with Gasteiger partial charge in [-0.1, -0.05) is 37.5 Å². The summed E-state index contributed by atoms with van der Waals surface area (Å²) in [6.45, 7) is 1.67. The lowest BCUT2D eigenvalue weighted by atomic mass is 9.96. The fourth-order valence-corrected chi connectivity index (χ4v) is 3.82. The fourth-order valence-electron chi connectivity index (χ4n) is 3.82. The van der Waals surface area contributed by atoms with Crippen LogP contribution < -0.4 is 15.4 Å². The molecule has 2 N–H and O–H groups in total. The van der Waals surface area contributed by atoms with Crippen LogP contribution in [0.15, 0.2) is 48.5 Å². The van der Waals surface area contributed by atoms with Gasteiger partial charge in [-0.3, -0.25) is 0 Å². The Morgan fingerprint density at radius 3 is 2.48 bits per heavy atom. The van der Waals surface area contributed by atoms with Crippen molar-refractivity contribution in [1.29, 1.82) is 0 Å². The Kier molecular flexibility index (Phi) is 6.67. The Morgan fingerprint density at radius 1 is 0.970 bits per heavy atom. The second kappa shape index (κ2) is 9.64. The number of alkyl halides is 3. The number of nitrogens with one attached hydrogen (secondary N) is 2. The third kappa shape index (κ3) is 6.34. The van der Waals surface area contributed by atoms with Crippen LogP contribution in [0.5, 0.6) is 5.75 Å². The topological polar surface area (TPSA) is 59.1 Å². The third-order valence-electron chi connectivity index (χ3n) is 5.47. The summed E-state index contributed by atoms with van der Waals surface area (Å²) in [5.74, 6) is 0.0580. The minimum Gasteiger partial charge on any atom is -0.406 e. The number of halogens is 4. The maximum absolute atomic E-state index is 14.0. The van der Waals surface area contributed by atoms with Gasteiger partial charge < -0.3 is 15.4 Å². The molecule has 1 saturated carbocycles. The summed E-state index contributed by atoms with van der Waals surface area (Å²) in [5, 5.41) is 6.41. The van der Waals surface area contributed by atoms with E-state index >= 15 is 0 Å². The molecule has 0 spiro atoms. The van der Waals surface area contributed by atoms with Crippen molar-refractivity contribution in [3.8, 4) is 17.0 Å². The zero-order valence-corrected chi connectivity index (χ0v) is 18.0. The Bertz CT molecular complexity index is 1110. The van der Waals surface area contributed by atoms with Gasteiger partial charge in [0.05, 0.1) is 5.69 Å². The van der Waals surface area contributed by atoms with Crippen molar-refractivity contribution < 1.29 is 22.3 Å². The van der Waals surface area contributed by atoms with E-state index in [1.54, 1.807) is 31.2 Å². The minimum absolute atomic E-state index is 0.221. The first-order chi connectivity index (χ1) is 15.7. The number of aromatic nitrogens is 2. The van der Waals surface area contributed by atoms with Crippen molar-refractivity contribution in [2.45, 2.75) is 51.4 Å². The molecule has 0 aliphatic heterocycles. The number of nitrogens with zero attached hydrogens (tertiary/aromatic N) is 2. The number of rotatable bonds is 6. The van der Waals surface area contributed by atoms with Gasteiger partial charge >= 0.3 is 6.36 Å². The van der Waals surface area contributed by atoms with Crippen LogP contribution in [0.1, 0.15) is 37.7 Å². The van der Waals surface area contributed by atoms with Gasteiger partial charge in [0, 0.05) is 23.4 Å². The van der Waals surface area contributed by atoms with Gasteiger partial charge in [-0.2, -0.15) is 4.98 Å². The molecule has 33 heavy (non-hydrogen) atoms. The van der Waals surface area contributed by atoms with Crippen molar-refractivity contribution in [2.75, 3.05) is 10.6 Å². The maximum Gasteiger partial charge on any atom is 0.573 e. The quantitative estimate of drug-likeness (QED) is 0.389. The minimum atomic E-state index is -4.79. The molecule has 4 rings (SSSR count). The molecule has 1 fully saturated rings. The van der Waals surface area contributed by atoms with Crippen molar-refractivity contribution in [2.24, 2.45) is 0 Å². The fraction of sp³-hybridized carbons (Fsp3) is 0.333. The van der Waals surface area contributed by atoms with Gasteiger partial charge in [-0.15, -0.1) is 13.2 Å². The summed E-state index contributed by atoms with van der Waals surface area (Å²) < 4.78 is 56.1. The lowest BCUT2D eigenvalue weighted by Crippen LogP contribution is -2.23. The lowest BCUT2D eigenvalue weighted by Gasteiger charge is -2.23. The molecule has 0 amide bonds. The smallest absolute Gasteiger partial charge is 0.406 e. The standard InChI is InChI=1S/C24H24F4N4O/c1-15-10-11-18(13-20(15)25)29-22-14-21(16-6-5-9-19(12-16)33-24(26,27)28)31-23(32-22)30-17-7-3-2-4-8-17/h5-6,9-14,17H,2-4,7-8H2,1H3,(H2,29,30,31,32). The summed E-state index contributed by atoms with van der Waals surface area (Å²) >= 11 is 0. The highest BCUT2D eigenvalue weighted by Crippen LogP contribution is 2.30. The van der Waals surface area contributed by atoms with Crippen molar-refractivity contribution in [3.05, 3.63) is 59.9 Å². The van der Waals surface area contributed by atoms with E-state index in [0.717, 1.165) is 25.7 Å². The SMILES string of the molecule is Cc1ccc(Nc2cc(-c3cccc(OC(F)(F)F)c3)nc(NC3CCCCC3)n2)cc1F. The number of benzene rings is 2. The van der Waals surface area contributed by atoms with E-state index in [0.29, 0.717) is 34.3 Å². The predicted molar refractivity (Wildman–Crippen MR) is 119 cm³/mol. The van der Waals surface area contributed by atoms with E-state index in [1.165, 1.54) is 30.7 Å². The first kappa shape index (κ1) is 22.8. The summed E-state index contributed by atoms with van der Waals surface area (Å²) in [5.41, 5.74) is 1.86. The van der Waals surface area contributed by atoms with Crippen LogP contribution >= 0.6 is 0 Å². The Hall–Kier alpha value is -3.36. The Morgan fingerprint density at radius 2 is 1.76 bits per heavy atom. The van der Waals surface area contributed by atoms with Crippen LogP contribution in [0.4, 0.5) is 35.0 Å². The molecule has 2 aromatic carbocycles. The molecule has 0 atom stereocenters. The second-order valence-corrected chi connectivity index (χ2v) is 8.11. The Balaban J connectivity index is 1.67. The van der Waals surface area contributed by atoms with Gasteiger partial charge in [0.25, 0.3) is 0 Å². The van der Waals surface area contributed by atoms with Crippen molar-refractivity contribution in [3.63, 3.8) is 0 Å². The molecule has 1 heterocycles. The van der Waals surface area contributed by atoms with E-state index < -0.39 is 6.36 Å². The molecule has 0 saturated heterocycles. The monoisotopic (exact) mass is 460 g/mol. The lowest BCUT2D eigenvalue weighted by molar-refractivity contribution is -0.274. The van der Waals surface area contributed by atoms with Crippen LogP contribution in [-0.4, -0.2) is 22.4 Å². The van der Waals surface area contributed by atoms with Gasteiger partial charge in [-0.05, 0) is 49.6 Å². The summed E-state index contributed by atoms with van der Waals surface area (Å²) in [6, 6.07) is 12.2. The summed E-state index contributed by atoms with van der Waals surface area (Å²) in [6.07, 6.45) is 0.615. The molecular formula is C24H24F4N4O. The molecule has 0 bridgehead atoms. The predicted octanol–water partition coefficient (Wildman–Crippen LogP) is 6.98. The van der Waals surface area contributed by atoms with Crippen LogP contribution in [0, 0.1) is 12.7 Å². The number of hydrogen-bond donors (Lipinski definition) is 2. The van der Waals surface area contributed by atoms with Crippen LogP contribution in [0.3, 0.4) is 0 Å². The molecule has 1 aromatic heterocycles. The third-order valence-corrected chi connectivity index (χ3v) is 5.47. The normalized spacial score (nSPS) is 14.7. The first-order valence-electron chi connectivity index (χ1n) is 10.8. The van der Waals surface area contributed by atoms with Gasteiger partial charge in [-0.25, -0.2) is 9.37 Å². The van der Waals surface area contributed by atoms with Gasteiger partial charge in [0.15, 0.2) is 0 Å². The molecule has 5 nitrogen and oxygen atoms in total. The number of aryl methyl sites for hydroxylation is 1. The molecule has 0 radical (unpaired) electrons. The molecule has 1 aliphatic rings. The molecule has 3 aromatic rings. The number of ether oxygens (including phenoxy) is 1. The molecule has 1 aliphatic carbocycles. The van der Waals surface area contributed by atoms with Crippen LogP contribution in [-0.2, 0) is 0 Å². The molecule has 0 unspecified atom stereocenters. The van der Waals surface area contributed by atoms with E-state index in [9.17, 15) is 17.6 Å². The van der Waals surface area contributed by atoms with E-state index in [-0.39, 0.29) is 17.6 Å². The van der Waals surface area contributed by atoms with E-state index in [4.69, 9.17) is 0 Å². The molecule has 9 heteroatoms. The van der Waals surface area contributed by atoms with E-state index in [1.807, 2.05) is 0 Å². The molecule has 174 valence electrons. The number of hydrogen-bond acceptors (Lipinski definition) is 5. The average Bonchev–Trinajstić information content (AvgIpc) is 2.76. The van der Waals surface area contributed by atoms with Crippen LogP contribution in [0.2, 0.25) is 0 Å². The maximum atomic E-state index is 14.0. The van der Waals surface area contributed by atoms with Gasteiger partial charge in [0.1, 0.15) is 17.4 Å². The largest absolute Gasteiger partial charge is 0.573 e. The highest BCUT2D eigenvalue weighted by molar-refractivity contribution is 5.68. The van der Waals surface area contributed by atoms with Crippen molar-refractivity contribution >= 4 is 17.5 Å². The summed E-state index contributed by atoms with van der Waals surface area (Å²) in [7, 11) is 0. The Labute approximate surface area is 189 Å². The van der Waals surface area contributed by atoms with E-state index in [2.05, 4.69) is 25.3 Å². The highest BCUT2D eigenvalue weighted by Gasteiger charge is 2.31. The second-order valence-electron chi connectivity index (χ2n) is 8.11. The molecular weight excluding hydrogens is 436 g/mol. The summed E-state index contributed by atoms with van der Waals surface area (Å²) in [4.78, 5) is 9.05. The first-order valence-corrected chi connectivity index (χ1v) is 10.8. The zero-order valence-electron chi connectivity index (χ0n) is 18.0. The average molecular weight is 460 g/mol. The zero-order chi connectivity index (χ0) is 23.4. The van der Waals surface area contributed by atoms with Crippen LogP contribution in [0.25, 0.3) is 11.3 Å². The van der Waals surface area contributed by atoms with Gasteiger partial charge in [0.2, 0.25) is 5.95 Å². The number of anilines is 3.